The summed E-state index contributed by atoms with van der Waals surface area (Å²) in [6.45, 7) is 14.4. The van der Waals surface area contributed by atoms with Crippen LogP contribution in [0.1, 0.15) is 75.2 Å². The first kappa shape index (κ1) is 42.2. The molecule has 3 rings (SSSR count). The van der Waals surface area contributed by atoms with E-state index in [1.807, 2.05) is 25.2 Å². The molecule has 1 unspecified atom stereocenters. The van der Waals surface area contributed by atoms with E-state index in [4.69, 9.17) is 38.3 Å². The third kappa shape index (κ3) is 13.1. The lowest BCUT2D eigenvalue weighted by molar-refractivity contribution is -0.288. The van der Waals surface area contributed by atoms with Crippen molar-refractivity contribution in [2.45, 2.75) is 112 Å². The van der Waals surface area contributed by atoms with Gasteiger partial charge < -0.3 is 38.3 Å². The van der Waals surface area contributed by atoms with Gasteiger partial charge in [0, 0.05) is 33.8 Å². The van der Waals surface area contributed by atoms with Crippen LogP contribution < -0.4 is 9.47 Å². The number of ether oxygens (including phenoxy) is 7. The van der Waals surface area contributed by atoms with E-state index >= 15 is 0 Å². The fourth-order valence-electron chi connectivity index (χ4n) is 6.10. The molecule has 2 aliphatic rings. The number of carbonyl (C=O) groups excluding carboxylic acids is 4. The van der Waals surface area contributed by atoms with Crippen molar-refractivity contribution in [2.24, 2.45) is 5.41 Å². The number of hydrogen-bond acceptors (Lipinski definition) is 12. The molecule has 0 radical (unpaired) electrons. The summed E-state index contributed by atoms with van der Waals surface area (Å²) >= 11 is 0. The monoisotopic (exact) mass is 738 g/mol. The van der Waals surface area contributed by atoms with Crippen LogP contribution in [0, 0.1) is 5.41 Å². The molecule has 0 spiro atoms. The number of benzene rings is 1. The molecule has 1 heterocycles. The van der Waals surface area contributed by atoms with Crippen molar-refractivity contribution in [3.05, 3.63) is 83.0 Å². The van der Waals surface area contributed by atoms with E-state index in [2.05, 4.69) is 26.8 Å². The first-order valence-electron chi connectivity index (χ1n) is 17.3. The van der Waals surface area contributed by atoms with Crippen molar-refractivity contribution in [3.63, 3.8) is 0 Å². The number of carbonyl (C=O) groups is 5. The van der Waals surface area contributed by atoms with Crippen LogP contribution in [0.5, 0.6) is 11.5 Å². The molecule has 13 heteroatoms. The lowest BCUT2D eigenvalue weighted by atomic mass is 9.71. The van der Waals surface area contributed by atoms with Crippen LogP contribution >= 0.6 is 0 Å². The SMILES string of the molecule is CC(=O)OC[C@H]1O[C@@H](Oc2ccc(OC3CCC(C)(C)C(/C=C/C(C)=C/C=C/C(C)=C/C(=O)O)=C3C)cc2)[C@@H](OC(C)=O)[C@H](OC(C)=O)[C@@H]1OC(C)=O. The predicted molar refractivity (Wildman–Crippen MR) is 193 cm³/mol. The second-order valence-electron chi connectivity index (χ2n) is 13.6. The molecule has 1 N–H and O–H groups in total. The van der Waals surface area contributed by atoms with Crippen molar-refractivity contribution in [1.29, 1.82) is 0 Å². The molecule has 1 aromatic rings. The molecule has 1 aliphatic heterocycles. The largest absolute Gasteiger partial charge is 0.486 e. The topological polar surface area (TPSA) is 170 Å². The van der Waals surface area contributed by atoms with Gasteiger partial charge in [-0.2, -0.15) is 0 Å². The van der Waals surface area contributed by atoms with E-state index in [-0.39, 0.29) is 18.1 Å². The molecule has 13 nitrogen and oxygen atoms in total. The summed E-state index contributed by atoms with van der Waals surface area (Å²) in [5, 5.41) is 8.90. The minimum absolute atomic E-state index is 0.0840. The van der Waals surface area contributed by atoms with E-state index in [1.165, 1.54) is 6.92 Å². The van der Waals surface area contributed by atoms with Crippen LogP contribution in [-0.4, -0.2) is 78.4 Å². The number of allylic oxidation sites excluding steroid dienone is 8. The first-order chi connectivity index (χ1) is 24.9. The second kappa shape index (κ2) is 19.1. The van der Waals surface area contributed by atoms with Crippen LogP contribution in [0.2, 0.25) is 0 Å². The number of rotatable bonds is 14. The minimum atomic E-state index is -1.36. The summed E-state index contributed by atoms with van der Waals surface area (Å²) in [6, 6.07) is 6.74. The van der Waals surface area contributed by atoms with Gasteiger partial charge in [-0.15, -0.1) is 0 Å². The maximum Gasteiger partial charge on any atom is 0.328 e. The van der Waals surface area contributed by atoms with Crippen molar-refractivity contribution in [3.8, 4) is 11.5 Å². The lowest BCUT2D eigenvalue weighted by Gasteiger charge is -2.43. The predicted octanol–water partition coefficient (Wildman–Crippen LogP) is 6.12. The number of esters is 4. The van der Waals surface area contributed by atoms with E-state index in [1.54, 1.807) is 37.3 Å². The third-order valence-corrected chi connectivity index (χ3v) is 8.55. The number of carboxylic acids is 1. The summed E-state index contributed by atoms with van der Waals surface area (Å²) in [6.07, 6.45) is 5.76. The molecule has 0 amide bonds. The minimum Gasteiger partial charge on any atom is -0.486 e. The highest BCUT2D eigenvalue weighted by molar-refractivity contribution is 5.81. The van der Waals surface area contributed by atoms with Crippen molar-refractivity contribution in [2.75, 3.05) is 6.61 Å². The summed E-state index contributed by atoms with van der Waals surface area (Å²) in [4.78, 5) is 58.8. The number of carboxylic acid groups (broad SMARTS) is 1. The normalized spacial score (nSPS) is 24.8. The number of hydrogen-bond donors (Lipinski definition) is 1. The third-order valence-electron chi connectivity index (χ3n) is 8.55. The summed E-state index contributed by atoms with van der Waals surface area (Å²) in [5.74, 6) is -2.93. The molecule has 0 saturated carbocycles. The zero-order valence-corrected chi connectivity index (χ0v) is 31.7. The van der Waals surface area contributed by atoms with Crippen LogP contribution in [0.3, 0.4) is 0 Å². The summed E-state index contributed by atoms with van der Waals surface area (Å²) in [5.41, 5.74) is 3.81. The maximum absolute atomic E-state index is 12.2. The average molecular weight is 739 g/mol. The Morgan fingerprint density at radius 2 is 1.36 bits per heavy atom. The van der Waals surface area contributed by atoms with E-state index in [9.17, 15) is 24.0 Å². The van der Waals surface area contributed by atoms with E-state index in [0.717, 1.165) is 56.4 Å². The highest BCUT2D eigenvalue weighted by atomic mass is 16.7. The second-order valence-corrected chi connectivity index (χ2v) is 13.6. The highest BCUT2D eigenvalue weighted by Gasteiger charge is 2.53. The Labute approximate surface area is 310 Å². The Bertz CT molecular complexity index is 1660. The van der Waals surface area contributed by atoms with Gasteiger partial charge in [-0.25, -0.2) is 4.79 Å². The molecule has 1 aromatic carbocycles. The smallest absolute Gasteiger partial charge is 0.328 e. The van der Waals surface area contributed by atoms with Gasteiger partial charge in [-0.3, -0.25) is 19.2 Å². The molecule has 288 valence electrons. The van der Waals surface area contributed by atoms with Crippen molar-refractivity contribution in [1.82, 2.24) is 0 Å². The maximum atomic E-state index is 12.2. The van der Waals surface area contributed by atoms with Gasteiger partial charge in [0.15, 0.2) is 12.2 Å². The zero-order chi connectivity index (χ0) is 39.5. The van der Waals surface area contributed by atoms with Crippen molar-refractivity contribution < 1.29 is 62.2 Å². The molecule has 1 saturated heterocycles. The molecule has 1 fully saturated rings. The molecule has 53 heavy (non-hydrogen) atoms. The van der Waals surface area contributed by atoms with Gasteiger partial charge in [0.1, 0.15) is 30.3 Å². The summed E-state index contributed by atoms with van der Waals surface area (Å²) in [7, 11) is 0. The Morgan fingerprint density at radius 1 is 0.792 bits per heavy atom. The van der Waals surface area contributed by atoms with Crippen LogP contribution in [0.15, 0.2) is 83.0 Å². The van der Waals surface area contributed by atoms with Crippen molar-refractivity contribution >= 4 is 29.8 Å². The Morgan fingerprint density at radius 3 is 1.92 bits per heavy atom. The van der Waals surface area contributed by atoms with E-state index in [0.29, 0.717) is 17.1 Å². The fraction of sp³-hybridized carbons (Fsp3) is 0.475. The Hall–Kier alpha value is -5.17. The van der Waals surface area contributed by atoms with E-state index < -0.39 is 60.6 Å². The van der Waals surface area contributed by atoms with Gasteiger partial charge in [0.2, 0.25) is 12.4 Å². The fourth-order valence-corrected chi connectivity index (χ4v) is 6.10. The van der Waals surface area contributed by atoms with Gasteiger partial charge in [-0.1, -0.05) is 49.8 Å². The highest BCUT2D eigenvalue weighted by Crippen LogP contribution is 2.42. The van der Waals surface area contributed by atoms with Crippen LogP contribution in [0.4, 0.5) is 0 Å². The van der Waals surface area contributed by atoms with Gasteiger partial charge in [-0.05, 0) is 80.0 Å². The molecule has 1 aliphatic carbocycles. The number of aliphatic carboxylic acids is 1. The van der Waals surface area contributed by atoms with Gasteiger partial charge in [0.05, 0.1) is 0 Å². The van der Waals surface area contributed by atoms with Gasteiger partial charge in [0.25, 0.3) is 0 Å². The zero-order valence-electron chi connectivity index (χ0n) is 31.7. The molecule has 0 aromatic heterocycles. The first-order valence-corrected chi connectivity index (χ1v) is 17.3. The average Bonchev–Trinajstić information content (AvgIpc) is 3.04. The van der Waals surface area contributed by atoms with Crippen LogP contribution in [0.25, 0.3) is 0 Å². The van der Waals surface area contributed by atoms with Crippen LogP contribution in [-0.2, 0) is 47.7 Å². The lowest BCUT2D eigenvalue weighted by Crippen LogP contribution is -2.63. The van der Waals surface area contributed by atoms with Gasteiger partial charge >= 0.3 is 29.8 Å². The summed E-state index contributed by atoms with van der Waals surface area (Å²) < 4.78 is 40.1. The molecular formula is C40H50O13. The molecule has 6 atom stereocenters. The Balaban J connectivity index is 1.83. The standard InChI is InChI=1S/C40H50O13/c1-23(11-10-12-24(2)21-35(45)46)13-18-32-25(3)33(19-20-40(32,8)9)51-30-14-16-31(17-15-30)52-39-38(50-29(7)44)37(49-28(6)43)36(48-27(5)42)34(53-39)22-47-26(4)41/h10-18,21,33-34,36-39H,19-20,22H2,1-9H3,(H,45,46)/b12-10+,18-13+,23-11+,24-21+/t33?,34-,36-,37-,38+,39-/m1/s1. The molecule has 0 bridgehead atoms. The quantitative estimate of drug-likeness (QED) is 0.100. The Kier molecular flexibility index (Phi) is 15.2. The molecular weight excluding hydrogens is 688 g/mol.